The van der Waals surface area contributed by atoms with Crippen LogP contribution in [0.15, 0.2) is 24.3 Å². The fraction of sp³-hybridized carbons (Fsp3) is 0.500. The second-order valence-electron chi connectivity index (χ2n) is 3.95. The molecule has 2 nitrogen and oxygen atoms in total. The average molecular weight is 226 g/mol. The molecular weight excluding hydrogens is 210 g/mol. The van der Waals surface area contributed by atoms with Gasteiger partial charge in [0.25, 0.3) is 0 Å². The van der Waals surface area contributed by atoms with E-state index in [1.54, 1.807) is 0 Å². The number of hydrogen-bond acceptors (Lipinski definition) is 2. The van der Waals surface area contributed by atoms with Crippen LogP contribution in [-0.2, 0) is 10.3 Å². The SMILES string of the molecule is CNC1(c2cccc(Cl)c2)CCOCC1. The maximum absolute atomic E-state index is 6.02. The predicted molar refractivity (Wildman–Crippen MR) is 62.2 cm³/mol. The Bertz CT molecular complexity index is 334. The van der Waals surface area contributed by atoms with E-state index >= 15 is 0 Å². The molecule has 3 heteroatoms. The molecule has 1 aromatic carbocycles. The summed E-state index contributed by atoms with van der Waals surface area (Å²) in [7, 11) is 2.01. The standard InChI is InChI=1S/C12H16ClNO/c1-14-12(5-7-15-8-6-12)10-3-2-4-11(13)9-10/h2-4,9,14H,5-8H2,1H3. The topological polar surface area (TPSA) is 21.3 Å². The summed E-state index contributed by atoms with van der Waals surface area (Å²) < 4.78 is 5.41. The minimum absolute atomic E-state index is 0.0448. The van der Waals surface area contributed by atoms with Gasteiger partial charge in [-0.25, -0.2) is 0 Å². The molecule has 0 aliphatic carbocycles. The number of nitrogens with one attached hydrogen (secondary N) is 1. The van der Waals surface area contributed by atoms with Gasteiger partial charge in [-0.05, 0) is 37.6 Å². The van der Waals surface area contributed by atoms with Gasteiger partial charge < -0.3 is 10.1 Å². The second-order valence-corrected chi connectivity index (χ2v) is 4.39. The Morgan fingerprint density at radius 1 is 1.33 bits per heavy atom. The summed E-state index contributed by atoms with van der Waals surface area (Å²) in [5, 5.41) is 4.22. The molecule has 0 bridgehead atoms. The highest BCUT2D eigenvalue weighted by molar-refractivity contribution is 6.30. The van der Waals surface area contributed by atoms with Gasteiger partial charge in [0.05, 0.1) is 0 Å². The van der Waals surface area contributed by atoms with Crippen LogP contribution in [0.4, 0.5) is 0 Å². The normalized spacial score (nSPS) is 20.1. The van der Waals surface area contributed by atoms with Crippen molar-refractivity contribution in [3.8, 4) is 0 Å². The molecule has 0 radical (unpaired) electrons. The van der Waals surface area contributed by atoms with Crippen molar-refractivity contribution in [2.75, 3.05) is 20.3 Å². The molecule has 1 aliphatic rings. The Hall–Kier alpha value is -0.570. The zero-order valence-electron chi connectivity index (χ0n) is 8.92. The molecule has 0 unspecified atom stereocenters. The van der Waals surface area contributed by atoms with Crippen molar-refractivity contribution in [1.29, 1.82) is 0 Å². The van der Waals surface area contributed by atoms with Crippen molar-refractivity contribution in [3.05, 3.63) is 34.9 Å². The van der Waals surface area contributed by atoms with Gasteiger partial charge >= 0.3 is 0 Å². The third kappa shape index (κ3) is 2.17. The molecule has 0 amide bonds. The zero-order chi connectivity index (χ0) is 10.7. The minimum atomic E-state index is 0.0448. The van der Waals surface area contributed by atoms with E-state index in [0.717, 1.165) is 31.1 Å². The van der Waals surface area contributed by atoms with E-state index in [9.17, 15) is 0 Å². The van der Waals surface area contributed by atoms with E-state index in [0.29, 0.717) is 0 Å². The molecule has 2 rings (SSSR count). The molecule has 1 aromatic rings. The molecule has 15 heavy (non-hydrogen) atoms. The summed E-state index contributed by atoms with van der Waals surface area (Å²) in [6.07, 6.45) is 2.01. The predicted octanol–water partition coefficient (Wildman–Crippen LogP) is 2.57. The molecule has 1 heterocycles. The molecule has 1 N–H and O–H groups in total. The highest BCUT2D eigenvalue weighted by Crippen LogP contribution is 2.32. The lowest BCUT2D eigenvalue weighted by Gasteiger charge is -2.37. The summed E-state index contributed by atoms with van der Waals surface area (Å²) in [4.78, 5) is 0. The number of halogens is 1. The molecule has 0 atom stereocenters. The van der Waals surface area contributed by atoms with Gasteiger partial charge in [0.1, 0.15) is 0 Å². The first-order valence-electron chi connectivity index (χ1n) is 5.29. The van der Waals surface area contributed by atoms with Crippen LogP contribution in [0.1, 0.15) is 18.4 Å². The zero-order valence-corrected chi connectivity index (χ0v) is 9.68. The van der Waals surface area contributed by atoms with E-state index < -0.39 is 0 Å². The van der Waals surface area contributed by atoms with Crippen LogP contribution in [0, 0.1) is 0 Å². The molecule has 1 aliphatic heterocycles. The highest BCUT2D eigenvalue weighted by Gasteiger charge is 2.32. The van der Waals surface area contributed by atoms with E-state index in [2.05, 4.69) is 11.4 Å². The van der Waals surface area contributed by atoms with E-state index in [-0.39, 0.29) is 5.54 Å². The maximum atomic E-state index is 6.02. The largest absolute Gasteiger partial charge is 0.381 e. The first kappa shape index (κ1) is 10.9. The summed E-state index contributed by atoms with van der Waals surface area (Å²) >= 11 is 6.02. The van der Waals surface area contributed by atoms with Crippen LogP contribution >= 0.6 is 11.6 Å². The van der Waals surface area contributed by atoms with Crippen LogP contribution in [0.25, 0.3) is 0 Å². The number of hydrogen-bond donors (Lipinski definition) is 1. The lowest BCUT2D eigenvalue weighted by atomic mass is 9.83. The average Bonchev–Trinajstić information content (AvgIpc) is 2.30. The summed E-state index contributed by atoms with van der Waals surface area (Å²) in [6.45, 7) is 1.63. The Morgan fingerprint density at radius 3 is 2.67 bits per heavy atom. The number of ether oxygens (including phenoxy) is 1. The Balaban J connectivity index is 2.32. The molecule has 82 valence electrons. The van der Waals surface area contributed by atoms with Crippen LogP contribution < -0.4 is 5.32 Å². The fourth-order valence-corrected chi connectivity index (χ4v) is 2.38. The van der Waals surface area contributed by atoms with Gasteiger partial charge in [0.15, 0.2) is 0 Å². The lowest BCUT2D eigenvalue weighted by Crippen LogP contribution is -2.44. The minimum Gasteiger partial charge on any atom is -0.381 e. The second kappa shape index (κ2) is 4.52. The Morgan fingerprint density at radius 2 is 2.07 bits per heavy atom. The number of benzene rings is 1. The Labute approximate surface area is 95.6 Å². The lowest BCUT2D eigenvalue weighted by molar-refractivity contribution is 0.0398. The molecule has 0 saturated carbocycles. The quantitative estimate of drug-likeness (QED) is 0.836. The van der Waals surface area contributed by atoms with Crippen molar-refractivity contribution in [2.45, 2.75) is 18.4 Å². The summed E-state index contributed by atoms with van der Waals surface area (Å²) in [5.41, 5.74) is 1.31. The van der Waals surface area contributed by atoms with Gasteiger partial charge in [-0.1, -0.05) is 23.7 Å². The van der Waals surface area contributed by atoms with Gasteiger partial charge in [0, 0.05) is 23.8 Å². The first-order chi connectivity index (χ1) is 7.27. The van der Waals surface area contributed by atoms with Crippen molar-refractivity contribution >= 4 is 11.6 Å². The van der Waals surface area contributed by atoms with Crippen LogP contribution in [-0.4, -0.2) is 20.3 Å². The Kier molecular flexibility index (Phi) is 3.29. The maximum Gasteiger partial charge on any atom is 0.0486 e. The van der Waals surface area contributed by atoms with Gasteiger partial charge in [-0.3, -0.25) is 0 Å². The van der Waals surface area contributed by atoms with Crippen LogP contribution in [0.3, 0.4) is 0 Å². The summed E-state index contributed by atoms with van der Waals surface area (Å²) in [6, 6.07) is 8.09. The molecule has 1 fully saturated rings. The smallest absolute Gasteiger partial charge is 0.0486 e. The van der Waals surface area contributed by atoms with Crippen molar-refractivity contribution < 1.29 is 4.74 Å². The van der Waals surface area contributed by atoms with Crippen molar-refractivity contribution in [1.82, 2.24) is 5.32 Å². The molecule has 0 spiro atoms. The van der Waals surface area contributed by atoms with E-state index in [4.69, 9.17) is 16.3 Å². The summed E-state index contributed by atoms with van der Waals surface area (Å²) in [5.74, 6) is 0. The third-order valence-corrected chi connectivity index (χ3v) is 3.44. The van der Waals surface area contributed by atoms with Gasteiger partial charge in [-0.15, -0.1) is 0 Å². The fourth-order valence-electron chi connectivity index (χ4n) is 2.19. The first-order valence-corrected chi connectivity index (χ1v) is 5.67. The molecule has 1 saturated heterocycles. The van der Waals surface area contributed by atoms with Gasteiger partial charge in [0.2, 0.25) is 0 Å². The molecular formula is C12H16ClNO. The molecule has 0 aromatic heterocycles. The van der Waals surface area contributed by atoms with Gasteiger partial charge in [-0.2, -0.15) is 0 Å². The van der Waals surface area contributed by atoms with Crippen molar-refractivity contribution in [2.24, 2.45) is 0 Å². The van der Waals surface area contributed by atoms with Crippen molar-refractivity contribution in [3.63, 3.8) is 0 Å². The van der Waals surface area contributed by atoms with Crippen LogP contribution in [0.2, 0.25) is 5.02 Å². The van der Waals surface area contributed by atoms with Crippen LogP contribution in [0.5, 0.6) is 0 Å². The number of rotatable bonds is 2. The monoisotopic (exact) mass is 225 g/mol. The highest BCUT2D eigenvalue weighted by atomic mass is 35.5. The van der Waals surface area contributed by atoms with E-state index in [1.807, 2.05) is 25.2 Å². The third-order valence-electron chi connectivity index (χ3n) is 3.20. The van der Waals surface area contributed by atoms with E-state index in [1.165, 1.54) is 5.56 Å².